The van der Waals surface area contributed by atoms with Crippen molar-refractivity contribution < 1.29 is 24.0 Å². The Balaban J connectivity index is 1.45. The van der Waals surface area contributed by atoms with Crippen LogP contribution in [0.25, 0.3) is 22.5 Å². The highest BCUT2D eigenvalue weighted by Gasteiger charge is 2.27. The van der Waals surface area contributed by atoms with E-state index < -0.39 is 35.7 Å². The Bertz CT molecular complexity index is 2080. The molecule has 0 aliphatic carbocycles. The Labute approximate surface area is 315 Å². The normalized spacial score (nSPS) is 15.3. The summed E-state index contributed by atoms with van der Waals surface area (Å²) >= 11 is 0. The highest BCUT2D eigenvalue weighted by atomic mass is 16.2. The van der Waals surface area contributed by atoms with E-state index in [-0.39, 0.29) is 49.2 Å². The number of aryl methyl sites for hydroxylation is 3. The van der Waals surface area contributed by atoms with Crippen LogP contribution < -0.4 is 32.7 Å². The van der Waals surface area contributed by atoms with Crippen LogP contribution in [-0.4, -0.2) is 64.7 Å². The second-order valence-corrected chi connectivity index (χ2v) is 14.7. The molecule has 1 aliphatic rings. The van der Waals surface area contributed by atoms with E-state index in [4.69, 9.17) is 11.5 Å². The van der Waals surface area contributed by atoms with Gasteiger partial charge < -0.3 is 32.7 Å². The molecule has 5 amide bonds. The van der Waals surface area contributed by atoms with Gasteiger partial charge in [0.05, 0.1) is 35.6 Å². The molecule has 1 unspecified atom stereocenters. The van der Waals surface area contributed by atoms with E-state index >= 15 is 0 Å². The van der Waals surface area contributed by atoms with Gasteiger partial charge in [0.15, 0.2) is 5.82 Å². The maximum Gasteiger partial charge on any atom is 0.255 e. The molecule has 13 nitrogen and oxygen atoms in total. The van der Waals surface area contributed by atoms with Crippen LogP contribution in [0.2, 0.25) is 0 Å². The third-order valence-electron chi connectivity index (χ3n) is 9.39. The minimum absolute atomic E-state index is 0.00164. The molecule has 0 fully saturated rings. The van der Waals surface area contributed by atoms with Crippen LogP contribution in [0.4, 0.5) is 5.69 Å². The Morgan fingerprint density at radius 2 is 1.59 bits per heavy atom. The minimum Gasteiger partial charge on any atom is -0.368 e. The van der Waals surface area contributed by atoms with Crippen LogP contribution in [0.15, 0.2) is 60.7 Å². The highest BCUT2D eigenvalue weighted by Crippen LogP contribution is 2.34. The number of fused-ring (bicyclic) bond motifs is 5. The molecular formula is C41H48N8O5. The summed E-state index contributed by atoms with van der Waals surface area (Å²) in [5.41, 5.74) is 18.6. The summed E-state index contributed by atoms with van der Waals surface area (Å²) in [4.78, 5) is 74.7. The van der Waals surface area contributed by atoms with E-state index in [1.807, 2.05) is 42.5 Å². The van der Waals surface area contributed by atoms with Crippen molar-refractivity contribution in [3.63, 3.8) is 0 Å². The lowest BCUT2D eigenvalue weighted by Crippen LogP contribution is -2.49. The first kappa shape index (κ1) is 39.3. The van der Waals surface area contributed by atoms with Crippen molar-refractivity contribution >= 4 is 35.2 Å². The van der Waals surface area contributed by atoms with E-state index in [1.165, 1.54) is 5.56 Å². The van der Waals surface area contributed by atoms with E-state index in [0.29, 0.717) is 50.7 Å². The Morgan fingerprint density at radius 3 is 2.22 bits per heavy atom. The van der Waals surface area contributed by atoms with Gasteiger partial charge in [-0.2, -0.15) is 0 Å². The number of nitrogens with one attached hydrogen (secondary N) is 4. The summed E-state index contributed by atoms with van der Waals surface area (Å²) in [5, 5.41) is 11.0. The van der Waals surface area contributed by atoms with Gasteiger partial charge in [0, 0.05) is 17.5 Å². The summed E-state index contributed by atoms with van der Waals surface area (Å²) in [5.74, 6) is -2.17. The molecule has 1 aliphatic heterocycles. The van der Waals surface area contributed by atoms with Crippen molar-refractivity contribution in [2.75, 3.05) is 18.4 Å². The largest absolute Gasteiger partial charge is 0.368 e. The third kappa shape index (κ3) is 9.34. The van der Waals surface area contributed by atoms with Gasteiger partial charge in [0.1, 0.15) is 12.1 Å². The number of hydrogen-bond acceptors (Lipinski definition) is 8. The molecule has 2 atom stereocenters. The second kappa shape index (κ2) is 16.4. The standard InChI is InChI=1S/C41H48N8O5/c1-22-16-26-18-30(28-9-7-8-25(17-28)20-33(50)44-21-34(51)47-32(19-26)37(43)52)36(22)49-39(53)31(14-15-42)48-40(54)35-23(2)45-38(46-24(35)3)27-10-12-29(13-11-27)41(4,5)6/h7-13,16-18,31-32H,14-15,19-21,42H2,1-6H3,(H2,43,52)(H,44,50)(H,47,51)(H,48,54)(H,49,53)/t31-,32?/m0/s1. The zero-order valence-corrected chi connectivity index (χ0v) is 31.6. The van der Waals surface area contributed by atoms with E-state index in [0.717, 1.165) is 5.56 Å². The van der Waals surface area contributed by atoms with Gasteiger partial charge >= 0.3 is 0 Å². The lowest BCUT2D eigenvalue weighted by molar-refractivity contribution is -0.128. The van der Waals surface area contributed by atoms with Crippen LogP contribution in [0, 0.1) is 20.8 Å². The first-order chi connectivity index (χ1) is 25.5. The molecule has 4 bridgehead atoms. The first-order valence-corrected chi connectivity index (χ1v) is 17.9. The number of rotatable bonds is 8. The molecule has 1 aromatic heterocycles. The number of hydrogen-bond donors (Lipinski definition) is 6. The maximum atomic E-state index is 14.0. The summed E-state index contributed by atoms with van der Waals surface area (Å²) in [6.07, 6.45) is 0.217. The predicted molar refractivity (Wildman–Crippen MR) is 207 cm³/mol. The van der Waals surface area contributed by atoms with Crippen LogP contribution in [0.5, 0.6) is 0 Å². The third-order valence-corrected chi connectivity index (χ3v) is 9.39. The van der Waals surface area contributed by atoms with Crippen molar-refractivity contribution in [3.05, 3.63) is 99.9 Å². The van der Waals surface area contributed by atoms with Crippen molar-refractivity contribution in [2.24, 2.45) is 11.5 Å². The number of aromatic nitrogens is 2. The minimum atomic E-state index is -1.04. The molecule has 54 heavy (non-hydrogen) atoms. The molecular weight excluding hydrogens is 685 g/mol. The molecule has 13 heteroatoms. The molecule has 0 spiro atoms. The lowest BCUT2D eigenvalue weighted by Gasteiger charge is -2.23. The van der Waals surface area contributed by atoms with Gasteiger partial charge in [0.2, 0.25) is 23.6 Å². The average molecular weight is 733 g/mol. The number of anilines is 1. The quantitative estimate of drug-likeness (QED) is 0.158. The van der Waals surface area contributed by atoms with E-state index in [9.17, 15) is 24.0 Å². The number of carbonyl (C=O) groups excluding carboxylic acids is 5. The fourth-order valence-electron chi connectivity index (χ4n) is 6.52. The summed E-state index contributed by atoms with van der Waals surface area (Å²) in [6, 6.07) is 16.9. The number of nitrogens with zero attached hydrogens (tertiary/aromatic N) is 2. The Kier molecular flexibility index (Phi) is 11.9. The summed E-state index contributed by atoms with van der Waals surface area (Å²) in [7, 11) is 0. The highest BCUT2D eigenvalue weighted by molar-refractivity contribution is 6.04. The van der Waals surface area contributed by atoms with Crippen LogP contribution in [0.1, 0.15) is 71.2 Å². The molecule has 8 N–H and O–H groups in total. The number of primary amides is 1. The molecule has 4 aromatic rings. The molecule has 0 saturated heterocycles. The van der Waals surface area contributed by atoms with E-state index in [1.54, 1.807) is 39.0 Å². The van der Waals surface area contributed by atoms with Crippen molar-refractivity contribution in [1.82, 2.24) is 25.9 Å². The fourth-order valence-corrected chi connectivity index (χ4v) is 6.52. The number of carbonyl (C=O) groups is 5. The van der Waals surface area contributed by atoms with Gasteiger partial charge in [-0.15, -0.1) is 0 Å². The van der Waals surface area contributed by atoms with Crippen molar-refractivity contribution in [1.29, 1.82) is 0 Å². The molecule has 0 saturated carbocycles. The van der Waals surface area contributed by atoms with E-state index in [2.05, 4.69) is 52.0 Å². The molecule has 3 aromatic carbocycles. The lowest BCUT2D eigenvalue weighted by atomic mass is 9.86. The topological polar surface area (TPSA) is 211 Å². The number of amides is 5. The fraction of sp³-hybridized carbons (Fsp3) is 0.341. The summed E-state index contributed by atoms with van der Waals surface area (Å²) in [6.45, 7) is 11.5. The Morgan fingerprint density at radius 1 is 0.907 bits per heavy atom. The second-order valence-electron chi connectivity index (χ2n) is 14.7. The van der Waals surface area contributed by atoms with Gasteiger partial charge in [-0.25, -0.2) is 9.97 Å². The molecule has 282 valence electrons. The zero-order chi connectivity index (χ0) is 39.3. The smallest absolute Gasteiger partial charge is 0.255 e. The van der Waals surface area contributed by atoms with Crippen LogP contribution in [0.3, 0.4) is 0 Å². The maximum absolute atomic E-state index is 14.0. The van der Waals surface area contributed by atoms with Crippen molar-refractivity contribution in [3.8, 4) is 22.5 Å². The van der Waals surface area contributed by atoms with Gasteiger partial charge in [-0.3, -0.25) is 24.0 Å². The summed E-state index contributed by atoms with van der Waals surface area (Å²) < 4.78 is 0. The number of benzene rings is 3. The molecule has 0 radical (unpaired) electrons. The zero-order valence-electron chi connectivity index (χ0n) is 31.6. The van der Waals surface area contributed by atoms with Gasteiger partial charge in [0.25, 0.3) is 5.91 Å². The Hall–Kier alpha value is -5.95. The SMILES string of the molecule is Cc1cc2cc(c1NC(=O)[C@H](CCN)NC(=O)c1c(C)nc(-c3ccc(C(C)(C)C)cc3)nc1C)-c1cccc(c1)CC(=O)NCC(=O)NC(C(N)=O)C2. The monoisotopic (exact) mass is 732 g/mol. The first-order valence-electron chi connectivity index (χ1n) is 17.9. The van der Waals surface area contributed by atoms with Crippen LogP contribution in [-0.2, 0) is 37.4 Å². The molecule has 2 heterocycles. The average Bonchev–Trinajstić information content (AvgIpc) is 3.10. The van der Waals surface area contributed by atoms with Crippen LogP contribution >= 0.6 is 0 Å². The van der Waals surface area contributed by atoms with Crippen molar-refractivity contribution in [2.45, 2.75) is 78.3 Å². The number of nitrogens with two attached hydrogens (primary N) is 2. The van der Waals surface area contributed by atoms with Gasteiger partial charge in [-0.1, -0.05) is 75.4 Å². The molecule has 5 rings (SSSR count). The predicted octanol–water partition coefficient (Wildman–Crippen LogP) is 3.30. The van der Waals surface area contributed by atoms with Gasteiger partial charge in [-0.05, 0) is 73.0 Å².